The van der Waals surface area contributed by atoms with Crippen LogP contribution in [-0.2, 0) is 0 Å². The van der Waals surface area contributed by atoms with Crippen LogP contribution in [0.2, 0.25) is 10.0 Å². The van der Waals surface area contributed by atoms with Crippen LogP contribution < -0.4 is 15.4 Å². The number of carboxylic acids is 1. The van der Waals surface area contributed by atoms with Crippen LogP contribution in [0.4, 0.5) is 5.69 Å². The minimum atomic E-state index is -1.16. The minimum Gasteiger partial charge on any atom is -0.491 e. The van der Waals surface area contributed by atoms with Gasteiger partial charge in [-0.25, -0.2) is 4.79 Å². The van der Waals surface area contributed by atoms with Gasteiger partial charge in [0.15, 0.2) is 5.11 Å². The van der Waals surface area contributed by atoms with Gasteiger partial charge in [0.25, 0.3) is 5.91 Å². The number of carbonyl (C=O) groups excluding carboxylic acids is 1. The number of amides is 1. The molecule has 27 heavy (non-hydrogen) atoms. The SMILES string of the molecule is CC(C)Oc1ccc(C(=O)NC(=S)Nc2c(Cl)cc(C(=O)O)cc2Cl)cc1. The Balaban J connectivity index is 2.05. The summed E-state index contributed by atoms with van der Waals surface area (Å²) in [5.74, 6) is -0.941. The summed E-state index contributed by atoms with van der Waals surface area (Å²) in [4.78, 5) is 23.3. The lowest BCUT2D eigenvalue weighted by Crippen LogP contribution is -2.34. The number of carbonyl (C=O) groups is 2. The van der Waals surface area contributed by atoms with Gasteiger partial charge in [-0.1, -0.05) is 23.2 Å². The zero-order valence-corrected chi connectivity index (χ0v) is 16.7. The number of nitrogens with one attached hydrogen (secondary N) is 2. The molecule has 0 radical (unpaired) electrons. The van der Waals surface area contributed by atoms with Gasteiger partial charge in [-0.3, -0.25) is 10.1 Å². The summed E-state index contributed by atoms with van der Waals surface area (Å²) >= 11 is 17.2. The number of rotatable bonds is 5. The molecule has 1 amide bonds. The third-order valence-electron chi connectivity index (χ3n) is 3.24. The summed E-state index contributed by atoms with van der Waals surface area (Å²) in [5.41, 5.74) is 0.525. The van der Waals surface area contributed by atoms with Crippen LogP contribution in [-0.4, -0.2) is 28.2 Å². The van der Waals surface area contributed by atoms with E-state index in [0.717, 1.165) is 0 Å². The van der Waals surface area contributed by atoms with Gasteiger partial charge >= 0.3 is 5.97 Å². The molecule has 142 valence electrons. The summed E-state index contributed by atoms with van der Waals surface area (Å²) in [6.45, 7) is 3.81. The summed E-state index contributed by atoms with van der Waals surface area (Å²) in [5, 5.41) is 14.3. The summed E-state index contributed by atoms with van der Waals surface area (Å²) in [6.07, 6.45) is 0.0310. The molecular weight excluding hydrogens is 411 g/mol. The van der Waals surface area contributed by atoms with Crippen molar-refractivity contribution in [3.63, 3.8) is 0 Å². The van der Waals surface area contributed by atoms with Crippen molar-refractivity contribution >= 4 is 58.1 Å². The van der Waals surface area contributed by atoms with Crippen LogP contribution in [0.1, 0.15) is 34.6 Å². The first-order valence-electron chi connectivity index (χ1n) is 7.78. The standard InChI is InChI=1S/C18H16Cl2N2O4S/c1-9(2)26-12-5-3-10(4-6-12)16(23)22-18(27)21-15-13(19)7-11(17(24)25)8-14(15)20/h3-9H,1-2H3,(H,24,25)(H2,21,22,23,27). The predicted octanol–water partition coefficient (Wildman–Crippen LogP) is 4.61. The van der Waals surface area contributed by atoms with E-state index in [1.54, 1.807) is 24.3 Å². The first kappa shape index (κ1) is 21.0. The quantitative estimate of drug-likeness (QED) is 0.605. The van der Waals surface area contributed by atoms with Gasteiger partial charge in [0.05, 0.1) is 27.4 Å². The number of aromatic carboxylic acids is 1. The molecule has 0 bridgehead atoms. The number of hydrogen-bond acceptors (Lipinski definition) is 4. The van der Waals surface area contributed by atoms with Crippen molar-refractivity contribution in [2.45, 2.75) is 20.0 Å². The molecule has 2 rings (SSSR count). The molecule has 0 saturated carbocycles. The largest absolute Gasteiger partial charge is 0.491 e. The highest BCUT2D eigenvalue weighted by molar-refractivity contribution is 7.80. The third kappa shape index (κ3) is 5.82. The minimum absolute atomic E-state index is 0.0310. The molecule has 9 heteroatoms. The second-order valence-electron chi connectivity index (χ2n) is 5.72. The lowest BCUT2D eigenvalue weighted by atomic mass is 10.2. The Morgan fingerprint density at radius 3 is 2.11 bits per heavy atom. The normalized spacial score (nSPS) is 10.4. The van der Waals surface area contributed by atoms with E-state index < -0.39 is 11.9 Å². The summed E-state index contributed by atoms with van der Waals surface area (Å²) in [7, 11) is 0. The van der Waals surface area contributed by atoms with Crippen LogP contribution in [0, 0.1) is 0 Å². The second kappa shape index (κ2) is 9.03. The fourth-order valence-electron chi connectivity index (χ4n) is 2.09. The first-order chi connectivity index (χ1) is 12.7. The highest BCUT2D eigenvalue weighted by Crippen LogP contribution is 2.31. The van der Waals surface area contributed by atoms with Gasteiger partial charge in [-0.05, 0) is 62.5 Å². The monoisotopic (exact) mass is 426 g/mol. The van der Waals surface area contributed by atoms with Gasteiger partial charge in [0, 0.05) is 5.56 Å². The molecule has 0 aliphatic rings. The Morgan fingerprint density at radius 1 is 1.07 bits per heavy atom. The van der Waals surface area contributed by atoms with Crippen molar-refractivity contribution in [3.05, 3.63) is 57.6 Å². The van der Waals surface area contributed by atoms with Crippen molar-refractivity contribution in [2.24, 2.45) is 0 Å². The maximum Gasteiger partial charge on any atom is 0.335 e. The number of halogens is 2. The van der Waals surface area contributed by atoms with E-state index in [1.165, 1.54) is 12.1 Å². The number of ether oxygens (including phenoxy) is 1. The summed E-state index contributed by atoms with van der Waals surface area (Å²) < 4.78 is 5.52. The van der Waals surface area contributed by atoms with E-state index in [9.17, 15) is 9.59 Å². The fraction of sp³-hybridized carbons (Fsp3) is 0.167. The zero-order valence-electron chi connectivity index (χ0n) is 14.4. The molecule has 0 spiro atoms. The van der Waals surface area contributed by atoms with E-state index in [1.807, 2.05) is 13.8 Å². The van der Waals surface area contributed by atoms with Crippen LogP contribution in [0.25, 0.3) is 0 Å². The van der Waals surface area contributed by atoms with Crippen LogP contribution in [0.3, 0.4) is 0 Å². The molecule has 0 fully saturated rings. The molecule has 0 aromatic heterocycles. The summed E-state index contributed by atoms with van der Waals surface area (Å²) in [6, 6.07) is 9.05. The second-order valence-corrected chi connectivity index (χ2v) is 6.94. The molecule has 2 aromatic carbocycles. The van der Waals surface area contributed by atoms with Crippen molar-refractivity contribution in [3.8, 4) is 5.75 Å². The Morgan fingerprint density at radius 2 is 1.63 bits per heavy atom. The van der Waals surface area contributed by atoms with E-state index in [2.05, 4.69) is 10.6 Å². The van der Waals surface area contributed by atoms with Gasteiger partial charge in [0.2, 0.25) is 0 Å². The predicted molar refractivity (Wildman–Crippen MR) is 109 cm³/mol. The number of carboxylic acid groups (broad SMARTS) is 1. The lowest BCUT2D eigenvalue weighted by molar-refractivity contribution is 0.0696. The molecule has 6 nitrogen and oxygen atoms in total. The van der Waals surface area contributed by atoms with E-state index in [4.69, 9.17) is 45.3 Å². The maximum atomic E-state index is 12.3. The van der Waals surface area contributed by atoms with E-state index >= 15 is 0 Å². The van der Waals surface area contributed by atoms with Crippen LogP contribution in [0.15, 0.2) is 36.4 Å². The zero-order chi connectivity index (χ0) is 20.1. The highest BCUT2D eigenvalue weighted by Gasteiger charge is 2.15. The van der Waals surface area contributed by atoms with Gasteiger partial charge in [-0.2, -0.15) is 0 Å². The molecule has 0 aliphatic carbocycles. The van der Waals surface area contributed by atoms with E-state index in [-0.39, 0.29) is 32.5 Å². The molecule has 2 aromatic rings. The van der Waals surface area contributed by atoms with E-state index in [0.29, 0.717) is 11.3 Å². The number of benzene rings is 2. The Labute approximate surface area is 171 Å². The molecule has 0 atom stereocenters. The smallest absolute Gasteiger partial charge is 0.335 e. The molecule has 0 saturated heterocycles. The number of hydrogen-bond donors (Lipinski definition) is 3. The van der Waals surface area contributed by atoms with Crippen molar-refractivity contribution in [1.29, 1.82) is 0 Å². The highest BCUT2D eigenvalue weighted by atomic mass is 35.5. The topological polar surface area (TPSA) is 87.7 Å². The number of anilines is 1. The van der Waals surface area contributed by atoms with Gasteiger partial charge in [0.1, 0.15) is 5.75 Å². The van der Waals surface area contributed by atoms with Crippen LogP contribution in [0.5, 0.6) is 5.75 Å². The fourth-order valence-corrected chi connectivity index (χ4v) is 2.87. The average molecular weight is 427 g/mol. The average Bonchev–Trinajstić information content (AvgIpc) is 2.57. The number of thiocarbonyl (C=S) groups is 1. The van der Waals surface area contributed by atoms with Gasteiger partial charge < -0.3 is 15.2 Å². The Kier molecular flexibility index (Phi) is 7.01. The Bertz CT molecular complexity index is 862. The van der Waals surface area contributed by atoms with Crippen LogP contribution >= 0.6 is 35.4 Å². The molecule has 0 unspecified atom stereocenters. The molecule has 0 heterocycles. The van der Waals surface area contributed by atoms with Crippen molar-refractivity contribution in [1.82, 2.24) is 5.32 Å². The maximum absolute atomic E-state index is 12.3. The third-order valence-corrected chi connectivity index (χ3v) is 4.04. The van der Waals surface area contributed by atoms with Crippen molar-refractivity contribution in [2.75, 3.05) is 5.32 Å². The van der Waals surface area contributed by atoms with Crippen molar-refractivity contribution < 1.29 is 19.4 Å². The Hall–Kier alpha value is -2.35. The lowest BCUT2D eigenvalue weighted by Gasteiger charge is -2.13. The molecule has 3 N–H and O–H groups in total. The molecular formula is C18H16Cl2N2O4S. The van der Waals surface area contributed by atoms with Gasteiger partial charge in [-0.15, -0.1) is 0 Å². The first-order valence-corrected chi connectivity index (χ1v) is 8.95. The molecule has 0 aliphatic heterocycles.